The number of pyridine rings is 1. The van der Waals surface area contributed by atoms with E-state index in [4.69, 9.17) is 4.74 Å². The van der Waals surface area contributed by atoms with Crippen LogP contribution in [-0.4, -0.2) is 47.7 Å². The van der Waals surface area contributed by atoms with Crippen molar-refractivity contribution in [2.45, 2.75) is 44.8 Å². The summed E-state index contributed by atoms with van der Waals surface area (Å²) in [6.07, 6.45) is 3.59. The van der Waals surface area contributed by atoms with Crippen LogP contribution in [0.3, 0.4) is 0 Å². The highest BCUT2D eigenvalue weighted by Crippen LogP contribution is 2.36. The topological polar surface area (TPSA) is 37.7 Å². The molecule has 3 aliphatic heterocycles. The number of hydrogen-bond acceptors (Lipinski definition) is 4. The Bertz CT molecular complexity index is 983. The Morgan fingerprint density at radius 1 is 1.00 bits per heavy atom. The number of likely N-dealkylation sites (tertiary alicyclic amines) is 2. The zero-order valence-electron chi connectivity index (χ0n) is 17.6. The minimum absolute atomic E-state index is 0.185. The van der Waals surface area contributed by atoms with Crippen molar-refractivity contribution in [2.75, 3.05) is 33.3 Å². The maximum atomic E-state index is 14.3. The molecule has 0 aliphatic carbocycles. The van der Waals surface area contributed by atoms with E-state index >= 15 is 0 Å². The first kappa shape index (κ1) is 19.8. The number of nitrogens with zero attached hydrogens (tertiary/aromatic N) is 3. The van der Waals surface area contributed by atoms with Crippen LogP contribution in [0.1, 0.15) is 42.0 Å². The average molecular weight is 412 g/mol. The Morgan fingerprint density at radius 3 is 2.60 bits per heavy atom. The first-order chi connectivity index (χ1) is 14.6. The van der Waals surface area contributed by atoms with Crippen LogP contribution >= 0.6 is 0 Å². The zero-order chi connectivity index (χ0) is 20.7. The molecule has 4 heterocycles. The van der Waals surface area contributed by atoms with Gasteiger partial charge in [-0.25, -0.2) is 4.39 Å². The van der Waals surface area contributed by atoms with Crippen LogP contribution in [0.4, 0.5) is 4.39 Å². The van der Waals surface area contributed by atoms with E-state index in [1.807, 2.05) is 10.6 Å². The minimum Gasteiger partial charge on any atom is -0.497 e. The van der Waals surface area contributed by atoms with Crippen molar-refractivity contribution >= 4 is 0 Å². The molecule has 3 aliphatic rings. The average Bonchev–Trinajstić information content (AvgIpc) is 3.25. The van der Waals surface area contributed by atoms with Crippen molar-refractivity contribution < 1.29 is 9.13 Å². The van der Waals surface area contributed by atoms with Gasteiger partial charge in [-0.3, -0.25) is 14.6 Å². The van der Waals surface area contributed by atoms with Gasteiger partial charge in [0.05, 0.1) is 7.11 Å². The lowest BCUT2D eigenvalue weighted by Gasteiger charge is -2.43. The monoisotopic (exact) mass is 411 g/mol. The molecule has 2 saturated heterocycles. The van der Waals surface area contributed by atoms with Gasteiger partial charge in [-0.05, 0) is 62.5 Å². The fraction of sp³-hybridized carbons (Fsp3) is 0.542. The predicted octanol–water partition coefficient (Wildman–Crippen LogP) is 3.21. The van der Waals surface area contributed by atoms with E-state index in [9.17, 15) is 9.18 Å². The molecular formula is C24H30FN3O2. The number of fused-ring (bicyclic) bond motifs is 4. The normalized spacial score (nSPS) is 24.1. The van der Waals surface area contributed by atoms with Crippen LogP contribution in [0.15, 0.2) is 35.1 Å². The summed E-state index contributed by atoms with van der Waals surface area (Å²) in [6.45, 7) is 6.08. The van der Waals surface area contributed by atoms with Gasteiger partial charge >= 0.3 is 0 Å². The molecular weight excluding hydrogens is 381 g/mol. The summed E-state index contributed by atoms with van der Waals surface area (Å²) >= 11 is 0. The van der Waals surface area contributed by atoms with E-state index in [0.717, 1.165) is 56.9 Å². The van der Waals surface area contributed by atoms with E-state index in [-0.39, 0.29) is 11.4 Å². The van der Waals surface area contributed by atoms with Crippen molar-refractivity contribution in [2.24, 2.45) is 5.92 Å². The molecule has 1 aromatic heterocycles. The largest absolute Gasteiger partial charge is 0.497 e. The Labute approximate surface area is 177 Å². The summed E-state index contributed by atoms with van der Waals surface area (Å²) in [5, 5.41) is 0. The molecule has 2 atom stereocenters. The SMILES string of the molecule is COc1ccc(F)c(CN2C[C@@H]3C[C@H](C2)c2ccc(CN4CCCC4)c(=O)n2C3)c1. The van der Waals surface area contributed by atoms with Crippen LogP contribution < -0.4 is 10.3 Å². The molecule has 1 aromatic carbocycles. The molecule has 0 N–H and O–H groups in total. The summed E-state index contributed by atoms with van der Waals surface area (Å²) in [5.41, 5.74) is 2.95. The highest BCUT2D eigenvalue weighted by atomic mass is 19.1. The Balaban J connectivity index is 1.35. The van der Waals surface area contributed by atoms with Gasteiger partial charge in [0, 0.05) is 55.5 Å². The van der Waals surface area contributed by atoms with Gasteiger partial charge in [-0.1, -0.05) is 6.07 Å². The van der Waals surface area contributed by atoms with E-state index in [1.54, 1.807) is 19.2 Å². The van der Waals surface area contributed by atoms with Crippen molar-refractivity contribution in [1.82, 2.24) is 14.4 Å². The highest BCUT2D eigenvalue weighted by molar-refractivity contribution is 5.30. The second-order valence-electron chi connectivity index (χ2n) is 9.13. The maximum Gasteiger partial charge on any atom is 0.255 e. The molecule has 30 heavy (non-hydrogen) atoms. The second-order valence-corrected chi connectivity index (χ2v) is 9.13. The summed E-state index contributed by atoms with van der Waals surface area (Å²) in [4.78, 5) is 17.9. The maximum absolute atomic E-state index is 14.3. The van der Waals surface area contributed by atoms with E-state index < -0.39 is 0 Å². The third-order valence-electron chi connectivity index (χ3n) is 7.00. The summed E-state index contributed by atoms with van der Waals surface area (Å²) in [7, 11) is 1.61. The number of methoxy groups -OCH3 is 1. The van der Waals surface area contributed by atoms with Crippen LogP contribution in [0.25, 0.3) is 0 Å². The minimum atomic E-state index is -0.185. The fourth-order valence-electron chi connectivity index (χ4n) is 5.56. The van der Waals surface area contributed by atoms with Crippen LogP contribution in [0.5, 0.6) is 5.75 Å². The summed E-state index contributed by atoms with van der Waals surface area (Å²) in [6, 6.07) is 9.15. The molecule has 0 radical (unpaired) electrons. The van der Waals surface area contributed by atoms with Gasteiger partial charge in [-0.2, -0.15) is 0 Å². The van der Waals surface area contributed by atoms with Gasteiger partial charge in [0.1, 0.15) is 11.6 Å². The predicted molar refractivity (Wildman–Crippen MR) is 114 cm³/mol. The molecule has 6 heteroatoms. The third kappa shape index (κ3) is 3.79. The molecule has 0 saturated carbocycles. The molecule has 0 unspecified atom stereocenters. The summed E-state index contributed by atoms with van der Waals surface area (Å²) < 4.78 is 21.6. The van der Waals surface area contributed by atoms with Gasteiger partial charge in [0.15, 0.2) is 0 Å². The fourth-order valence-corrected chi connectivity index (χ4v) is 5.56. The van der Waals surface area contributed by atoms with Crippen LogP contribution in [0.2, 0.25) is 0 Å². The first-order valence-electron chi connectivity index (χ1n) is 11.1. The van der Waals surface area contributed by atoms with Gasteiger partial charge in [0.2, 0.25) is 0 Å². The van der Waals surface area contributed by atoms with Crippen molar-refractivity contribution in [3.8, 4) is 5.75 Å². The number of hydrogen-bond donors (Lipinski definition) is 0. The van der Waals surface area contributed by atoms with Gasteiger partial charge in [0.25, 0.3) is 5.56 Å². The standard InChI is InChI=1S/C24H30FN3O2/c1-30-21-5-6-22(25)19(11-21)15-27-12-17-10-20(16-27)23-7-4-18(24(29)28(23)13-17)14-26-8-2-3-9-26/h4-7,11,17,20H,2-3,8-10,12-16H2,1H3/t17-,20+/m0/s1. The molecule has 2 fully saturated rings. The van der Waals surface area contributed by atoms with Crippen molar-refractivity contribution in [1.29, 1.82) is 0 Å². The second kappa shape index (κ2) is 8.16. The highest BCUT2D eigenvalue weighted by Gasteiger charge is 2.35. The number of aromatic nitrogens is 1. The number of benzene rings is 1. The molecule has 0 amide bonds. The van der Waals surface area contributed by atoms with Gasteiger partial charge in [-0.15, -0.1) is 0 Å². The quantitative estimate of drug-likeness (QED) is 0.757. The Morgan fingerprint density at radius 2 is 1.80 bits per heavy atom. The van der Waals surface area contributed by atoms with Crippen LogP contribution in [-0.2, 0) is 19.6 Å². The van der Waals surface area contributed by atoms with E-state index in [0.29, 0.717) is 29.7 Å². The lowest BCUT2D eigenvalue weighted by Crippen LogP contribution is -2.47. The molecule has 2 bridgehead atoms. The molecule has 160 valence electrons. The Hall–Kier alpha value is -2.18. The first-order valence-corrected chi connectivity index (χ1v) is 11.1. The number of piperidine rings is 1. The number of ether oxygens (including phenoxy) is 1. The molecule has 2 aromatic rings. The lowest BCUT2D eigenvalue weighted by molar-refractivity contribution is 0.113. The number of halogens is 1. The Kier molecular flexibility index (Phi) is 5.37. The smallest absolute Gasteiger partial charge is 0.255 e. The lowest BCUT2D eigenvalue weighted by atomic mass is 9.82. The van der Waals surface area contributed by atoms with Gasteiger partial charge < -0.3 is 9.30 Å². The molecule has 5 rings (SSSR count). The zero-order valence-corrected chi connectivity index (χ0v) is 17.6. The van der Waals surface area contributed by atoms with E-state index in [2.05, 4.69) is 15.9 Å². The van der Waals surface area contributed by atoms with Crippen molar-refractivity contribution in [3.05, 3.63) is 63.3 Å². The molecule has 5 nitrogen and oxygen atoms in total. The van der Waals surface area contributed by atoms with Crippen LogP contribution in [0, 0.1) is 11.7 Å². The molecule has 0 spiro atoms. The van der Waals surface area contributed by atoms with E-state index in [1.165, 1.54) is 18.9 Å². The number of rotatable bonds is 5. The third-order valence-corrected chi connectivity index (χ3v) is 7.00. The van der Waals surface area contributed by atoms with Crippen molar-refractivity contribution in [3.63, 3.8) is 0 Å². The summed E-state index contributed by atoms with van der Waals surface area (Å²) in [5.74, 6) is 1.27.